The summed E-state index contributed by atoms with van der Waals surface area (Å²) in [6.45, 7) is 2.07. The fourth-order valence-electron chi connectivity index (χ4n) is 3.75. The zero-order valence-electron chi connectivity index (χ0n) is 12.3. The Bertz CT molecular complexity index is 722. The molecule has 1 aromatic heterocycles. The van der Waals surface area contributed by atoms with Crippen LogP contribution in [0.15, 0.2) is 24.3 Å². The van der Waals surface area contributed by atoms with Gasteiger partial charge in [-0.05, 0) is 51.2 Å². The maximum Gasteiger partial charge on any atom is 0.109 e. The van der Waals surface area contributed by atoms with Crippen LogP contribution in [0.1, 0.15) is 44.0 Å². The number of rotatable bonds is 3. The van der Waals surface area contributed by atoms with Gasteiger partial charge in [-0.3, -0.25) is 5.32 Å². The summed E-state index contributed by atoms with van der Waals surface area (Å²) >= 11 is 0. The molecule has 0 radical (unpaired) electrons. The molecule has 2 aromatic rings. The van der Waals surface area contributed by atoms with Crippen molar-refractivity contribution in [3.8, 4) is 6.07 Å². The molecular weight excluding hydrogens is 260 g/mol. The summed E-state index contributed by atoms with van der Waals surface area (Å²) in [7, 11) is 0. The molecule has 4 nitrogen and oxygen atoms in total. The van der Waals surface area contributed by atoms with E-state index in [1.54, 1.807) is 0 Å². The average Bonchev–Trinajstić information content (AvgIpc) is 3.09. The van der Waals surface area contributed by atoms with E-state index in [2.05, 4.69) is 46.1 Å². The largest absolute Gasteiger partial charge is 0.325 e. The average molecular weight is 280 g/mol. The van der Waals surface area contributed by atoms with Crippen LogP contribution >= 0.6 is 0 Å². The van der Waals surface area contributed by atoms with Gasteiger partial charge in [-0.1, -0.05) is 12.1 Å². The van der Waals surface area contributed by atoms with Crippen molar-refractivity contribution in [2.24, 2.45) is 0 Å². The molecule has 2 fully saturated rings. The molecule has 2 aliphatic rings. The summed E-state index contributed by atoms with van der Waals surface area (Å²) in [5.41, 5.74) is 1.92. The highest BCUT2D eigenvalue weighted by Gasteiger charge is 2.43. The van der Waals surface area contributed by atoms with Crippen molar-refractivity contribution >= 4 is 11.0 Å². The van der Waals surface area contributed by atoms with Crippen LogP contribution in [0, 0.1) is 18.3 Å². The Labute approximate surface area is 124 Å². The number of para-hydroxylation sites is 2. The fourth-order valence-corrected chi connectivity index (χ4v) is 3.75. The fraction of sp³-hybridized carbons (Fsp3) is 0.529. The Morgan fingerprint density at radius 1 is 1.33 bits per heavy atom. The lowest BCUT2D eigenvalue weighted by Crippen LogP contribution is -2.43. The number of fused-ring (bicyclic) bond motifs is 1. The maximum atomic E-state index is 9.65. The summed E-state index contributed by atoms with van der Waals surface area (Å²) in [5.74, 6) is 1.06. The lowest BCUT2D eigenvalue weighted by molar-refractivity contribution is 0.397. The van der Waals surface area contributed by atoms with Gasteiger partial charge < -0.3 is 4.57 Å². The van der Waals surface area contributed by atoms with Gasteiger partial charge in [0.1, 0.15) is 11.4 Å². The molecular formula is C17H20N4. The molecule has 0 bridgehead atoms. The van der Waals surface area contributed by atoms with E-state index < -0.39 is 0 Å². The minimum atomic E-state index is -0.330. The monoisotopic (exact) mass is 280 g/mol. The number of benzene rings is 1. The molecule has 1 N–H and O–H groups in total. The third-order valence-electron chi connectivity index (χ3n) is 4.90. The molecule has 0 spiro atoms. The SMILES string of the molecule is Cc1nc2ccccc2n1C1CCC(C#N)(NC2CC2)C1. The quantitative estimate of drug-likeness (QED) is 0.940. The van der Waals surface area contributed by atoms with Crippen molar-refractivity contribution in [2.45, 2.75) is 56.7 Å². The first-order chi connectivity index (χ1) is 10.2. The summed E-state index contributed by atoms with van der Waals surface area (Å²) in [5, 5.41) is 13.2. The molecule has 0 aliphatic heterocycles. The van der Waals surface area contributed by atoms with Crippen molar-refractivity contribution in [2.75, 3.05) is 0 Å². The highest BCUT2D eigenvalue weighted by Crippen LogP contribution is 2.41. The van der Waals surface area contributed by atoms with Crippen molar-refractivity contribution in [1.82, 2.24) is 14.9 Å². The van der Waals surface area contributed by atoms with Gasteiger partial charge in [0.15, 0.2) is 0 Å². The third kappa shape index (κ3) is 2.13. The van der Waals surface area contributed by atoms with Crippen LogP contribution in [0.25, 0.3) is 11.0 Å². The number of nitrogens with zero attached hydrogens (tertiary/aromatic N) is 3. The second-order valence-corrected chi connectivity index (χ2v) is 6.53. The zero-order valence-corrected chi connectivity index (χ0v) is 12.3. The molecule has 21 heavy (non-hydrogen) atoms. The number of hydrogen-bond acceptors (Lipinski definition) is 3. The first-order valence-electron chi connectivity index (χ1n) is 7.83. The van der Waals surface area contributed by atoms with E-state index in [9.17, 15) is 5.26 Å². The molecule has 2 atom stereocenters. The Morgan fingerprint density at radius 3 is 2.90 bits per heavy atom. The molecule has 0 amide bonds. The van der Waals surface area contributed by atoms with Crippen molar-refractivity contribution in [3.05, 3.63) is 30.1 Å². The predicted octanol–water partition coefficient (Wildman–Crippen LogP) is 3.08. The Balaban J connectivity index is 1.67. The Morgan fingerprint density at radius 2 is 2.14 bits per heavy atom. The van der Waals surface area contributed by atoms with E-state index in [0.717, 1.165) is 30.6 Å². The van der Waals surface area contributed by atoms with Crippen molar-refractivity contribution in [1.29, 1.82) is 5.26 Å². The van der Waals surface area contributed by atoms with Gasteiger partial charge in [0.05, 0.1) is 17.1 Å². The van der Waals surface area contributed by atoms with Gasteiger partial charge in [0.2, 0.25) is 0 Å². The molecule has 1 heterocycles. The van der Waals surface area contributed by atoms with Crippen LogP contribution in [-0.2, 0) is 0 Å². The van der Waals surface area contributed by atoms with Crippen LogP contribution in [0.5, 0.6) is 0 Å². The molecule has 1 aromatic carbocycles. The smallest absolute Gasteiger partial charge is 0.109 e. The zero-order chi connectivity index (χ0) is 14.4. The molecule has 108 valence electrons. The van der Waals surface area contributed by atoms with Gasteiger partial charge in [-0.15, -0.1) is 0 Å². The molecule has 2 saturated carbocycles. The van der Waals surface area contributed by atoms with Gasteiger partial charge in [-0.25, -0.2) is 4.98 Å². The minimum Gasteiger partial charge on any atom is -0.325 e. The molecule has 2 unspecified atom stereocenters. The number of aromatic nitrogens is 2. The summed E-state index contributed by atoms with van der Waals surface area (Å²) in [4.78, 5) is 4.66. The van der Waals surface area contributed by atoms with Crippen LogP contribution in [0.4, 0.5) is 0 Å². The van der Waals surface area contributed by atoms with Gasteiger partial charge in [0, 0.05) is 12.1 Å². The van der Waals surface area contributed by atoms with Crippen LogP contribution in [0.2, 0.25) is 0 Å². The second-order valence-electron chi connectivity index (χ2n) is 6.53. The lowest BCUT2D eigenvalue weighted by atomic mass is 9.99. The number of hydrogen-bond donors (Lipinski definition) is 1. The predicted molar refractivity (Wildman–Crippen MR) is 81.9 cm³/mol. The standard InChI is InChI=1S/C17H20N4/c1-12-19-15-4-2-3-5-16(15)21(12)14-8-9-17(10-14,11-18)20-13-6-7-13/h2-5,13-14,20H,6-10H2,1H3. The van der Waals surface area contributed by atoms with Crippen LogP contribution in [0.3, 0.4) is 0 Å². The topological polar surface area (TPSA) is 53.6 Å². The number of nitriles is 1. The van der Waals surface area contributed by atoms with Gasteiger partial charge >= 0.3 is 0 Å². The van der Waals surface area contributed by atoms with Crippen LogP contribution < -0.4 is 5.32 Å². The van der Waals surface area contributed by atoms with Crippen LogP contribution in [-0.4, -0.2) is 21.1 Å². The van der Waals surface area contributed by atoms with Gasteiger partial charge in [-0.2, -0.15) is 5.26 Å². The Hall–Kier alpha value is -1.86. The highest BCUT2D eigenvalue weighted by atomic mass is 15.1. The lowest BCUT2D eigenvalue weighted by Gasteiger charge is -2.23. The van der Waals surface area contributed by atoms with E-state index in [4.69, 9.17) is 0 Å². The number of aryl methyl sites for hydroxylation is 1. The molecule has 0 saturated heterocycles. The first-order valence-corrected chi connectivity index (χ1v) is 7.83. The summed E-state index contributed by atoms with van der Waals surface area (Å²) < 4.78 is 2.34. The summed E-state index contributed by atoms with van der Waals surface area (Å²) in [6, 6.07) is 11.8. The number of nitrogens with one attached hydrogen (secondary N) is 1. The van der Waals surface area contributed by atoms with E-state index >= 15 is 0 Å². The van der Waals surface area contributed by atoms with E-state index in [1.165, 1.54) is 18.4 Å². The maximum absolute atomic E-state index is 9.65. The van der Waals surface area contributed by atoms with E-state index in [1.807, 2.05) is 6.07 Å². The molecule has 2 aliphatic carbocycles. The molecule has 4 rings (SSSR count). The Kier molecular flexibility index (Phi) is 2.80. The van der Waals surface area contributed by atoms with Crippen molar-refractivity contribution < 1.29 is 0 Å². The summed E-state index contributed by atoms with van der Waals surface area (Å²) in [6.07, 6.45) is 5.33. The van der Waals surface area contributed by atoms with E-state index in [0.29, 0.717) is 12.1 Å². The first kappa shape index (κ1) is 12.8. The van der Waals surface area contributed by atoms with Gasteiger partial charge in [0.25, 0.3) is 0 Å². The minimum absolute atomic E-state index is 0.330. The highest BCUT2D eigenvalue weighted by molar-refractivity contribution is 5.76. The second kappa shape index (κ2) is 4.57. The normalized spacial score (nSPS) is 28.9. The van der Waals surface area contributed by atoms with E-state index in [-0.39, 0.29) is 5.54 Å². The van der Waals surface area contributed by atoms with Crippen molar-refractivity contribution in [3.63, 3.8) is 0 Å². The number of imidazole rings is 1. The third-order valence-corrected chi connectivity index (χ3v) is 4.90. The molecule has 4 heteroatoms.